The van der Waals surface area contributed by atoms with Gasteiger partial charge in [-0.05, 0) is 23.8 Å². The Balaban J connectivity index is 2.09. The lowest BCUT2D eigenvalue weighted by Crippen LogP contribution is -2.11. The van der Waals surface area contributed by atoms with Crippen molar-refractivity contribution in [2.75, 3.05) is 0 Å². The predicted molar refractivity (Wildman–Crippen MR) is 101 cm³/mol. The van der Waals surface area contributed by atoms with Gasteiger partial charge in [-0.2, -0.15) is 0 Å². The second kappa shape index (κ2) is 5.80. The number of rotatable bonds is 3. The van der Waals surface area contributed by atoms with E-state index in [2.05, 4.69) is 38.7 Å². The number of primary amides is 1. The van der Waals surface area contributed by atoms with Gasteiger partial charge in [-0.1, -0.05) is 64.5 Å². The molecule has 1 amide bonds. The first-order valence-electron chi connectivity index (χ1n) is 7.69. The first kappa shape index (κ1) is 15.0. The summed E-state index contributed by atoms with van der Waals surface area (Å²) in [5.41, 5.74) is 9.48. The van der Waals surface area contributed by atoms with Gasteiger partial charge in [-0.15, -0.1) is 0 Å². The summed E-state index contributed by atoms with van der Waals surface area (Å²) >= 11 is 3.51. The van der Waals surface area contributed by atoms with Gasteiger partial charge in [0, 0.05) is 27.3 Å². The summed E-state index contributed by atoms with van der Waals surface area (Å²) in [6.07, 6.45) is 0. The molecular weight excluding hydrogens is 364 g/mol. The van der Waals surface area contributed by atoms with Crippen LogP contribution in [0.15, 0.2) is 71.2 Å². The molecule has 0 fully saturated rings. The molecule has 0 unspecified atom stereocenters. The van der Waals surface area contributed by atoms with E-state index in [9.17, 15) is 4.79 Å². The minimum Gasteiger partial charge on any atom is -0.366 e. The van der Waals surface area contributed by atoms with Crippen LogP contribution in [0.5, 0.6) is 0 Å². The number of para-hydroxylation sites is 1. The van der Waals surface area contributed by atoms with Crippen molar-refractivity contribution in [1.29, 1.82) is 0 Å². The number of benzene rings is 3. The average Bonchev–Trinajstić information content (AvgIpc) is 2.89. The van der Waals surface area contributed by atoms with E-state index < -0.39 is 5.91 Å². The molecule has 4 rings (SSSR count). The molecule has 24 heavy (non-hydrogen) atoms. The van der Waals surface area contributed by atoms with E-state index in [1.165, 1.54) is 5.56 Å². The second-order valence-corrected chi connectivity index (χ2v) is 6.72. The number of amides is 1. The molecule has 1 heterocycles. The highest BCUT2D eigenvalue weighted by Crippen LogP contribution is 2.34. The Morgan fingerprint density at radius 1 is 0.958 bits per heavy atom. The largest absolute Gasteiger partial charge is 0.366 e. The summed E-state index contributed by atoms with van der Waals surface area (Å²) in [7, 11) is 0. The lowest BCUT2D eigenvalue weighted by molar-refractivity contribution is 0.100. The first-order valence-corrected chi connectivity index (χ1v) is 8.48. The van der Waals surface area contributed by atoms with Gasteiger partial charge in [0.2, 0.25) is 5.91 Å². The SMILES string of the molecule is NC(=O)c1cc(Br)cc2c1c1ccccc1n2Cc1ccccc1. The zero-order valence-corrected chi connectivity index (χ0v) is 14.5. The minimum absolute atomic E-state index is 0.413. The molecular formula is C20H15BrN2O. The Hall–Kier alpha value is -2.59. The summed E-state index contributed by atoms with van der Waals surface area (Å²) in [5, 5.41) is 1.96. The molecule has 0 bridgehead atoms. The van der Waals surface area contributed by atoms with Gasteiger partial charge in [-0.25, -0.2) is 0 Å². The van der Waals surface area contributed by atoms with Crippen LogP contribution in [0.1, 0.15) is 15.9 Å². The molecule has 3 nitrogen and oxygen atoms in total. The minimum atomic E-state index is -0.413. The normalized spacial score (nSPS) is 11.2. The van der Waals surface area contributed by atoms with Gasteiger partial charge in [-0.3, -0.25) is 4.79 Å². The zero-order valence-electron chi connectivity index (χ0n) is 12.9. The van der Waals surface area contributed by atoms with Crippen LogP contribution >= 0.6 is 15.9 Å². The maximum atomic E-state index is 12.0. The molecule has 0 aliphatic heterocycles. The predicted octanol–water partition coefficient (Wildman–Crippen LogP) is 4.70. The standard InChI is InChI=1S/C20H15BrN2O/c21-14-10-16(20(22)24)19-15-8-4-5-9-17(15)23(18(19)11-14)12-13-6-2-1-3-7-13/h1-11H,12H2,(H2,22,24). The van der Waals surface area contributed by atoms with E-state index in [1.54, 1.807) is 6.07 Å². The van der Waals surface area contributed by atoms with Crippen molar-refractivity contribution >= 4 is 43.6 Å². The van der Waals surface area contributed by atoms with Crippen LogP contribution in [0.2, 0.25) is 0 Å². The third-order valence-electron chi connectivity index (χ3n) is 4.29. The highest BCUT2D eigenvalue weighted by molar-refractivity contribution is 9.10. The number of nitrogens with two attached hydrogens (primary N) is 1. The van der Waals surface area contributed by atoms with Gasteiger partial charge < -0.3 is 10.3 Å². The molecule has 4 heteroatoms. The average molecular weight is 379 g/mol. The molecule has 4 aromatic rings. The van der Waals surface area contributed by atoms with Gasteiger partial charge in [0.1, 0.15) is 0 Å². The molecule has 0 atom stereocenters. The summed E-state index contributed by atoms with van der Waals surface area (Å²) < 4.78 is 3.08. The first-order chi connectivity index (χ1) is 11.6. The van der Waals surface area contributed by atoms with Gasteiger partial charge in [0.25, 0.3) is 0 Å². The van der Waals surface area contributed by atoms with Crippen molar-refractivity contribution in [2.24, 2.45) is 5.73 Å². The lowest BCUT2D eigenvalue weighted by atomic mass is 10.1. The number of fused-ring (bicyclic) bond motifs is 3. The zero-order chi connectivity index (χ0) is 16.7. The van der Waals surface area contributed by atoms with Crippen LogP contribution < -0.4 is 5.73 Å². The fraction of sp³-hybridized carbons (Fsp3) is 0.0500. The molecule has 0 aliphatic carbocycles. The Morgan fingerprint density at radius 2 is 1.67 bits per heavy atom. The number of aromatic nitrogens is 1. The lowest BCUT2D eigenvalue weighted by Gasteiger charge is -2.08. The number of nitrogens with zero attached hydrogens (tertiary/aromatic N) is 1. The van der Waals surface area contributed by atoms with Crippen molar-refractivity contribution in [3.8, 4) is 0 Å². The Morgan fingerprint density at radius 3 is 2.42 bits per heavy atom. The summed E-state index contributed by atoms with van der Waals surface area (Å²) in [5.74, 6) is -0.413. The maximum Gasteiger partial charge on any atom is 0.249 e. The van der Waals surface area contributed by atoms with Crippen molar-refractivity contribution in [1.82, 2.24) is 4.57 Å². The smallest absolute Gasteiger partial charge is 0.249 e. The summed E-state index contributed by atoms with van der Waals surface area (Å²) in [6, 6.07) is 22.3. The van der Waals surface area contributed by atoms with E-state index in [0.717, 1.165) is 32.8 Å². The van der Waals surface area contributed by atoms with Gasteiger partial charge >= 0.3 is 0 Å². The van der Waals surface area contributed by atoms with Crippen LogP contribution in [0.3, 0.4) is 0 Å². The van der Waals surface area contributed by atoms with Crippen molar-refractivity contribution in [3.05, 3.63) is 82.3 Å². The number of carbonyl (C=O) groups is 1. The third kappa shape index (κ3) is 2.39. The van der Waals surface area contributed by atoms with Crippen LogP contribution in [0.25, 0.3) is 21.8 Å². The van der Waals surface area contributed by atoms with E-state index in [1.807, 2.05) is 42.5 Å². The van der Waals surface area contributed by atoms with Gasteiger partial charge in [0.05, 0.1) is 11.1 Å². The fourth-order valence-electron chi connectivity index (χ4n) is 3.27. The summed E-state index contributed by atoms with van der Waals surface area (Å²) in [4.78, 5) is 12.0. The van der Waals surface area contributed by atoms with E-state index in [-0.39, 0.29) is 0 Å². The van der Waals surface area contributed by atoms with Crippen LogP contribution in [-0.4, -0.2) is 10.5 Å². The molecule has 0 aliphatic rings. The Kier molecular flexibility index (Phi) is 3.62. The maximum absolute atomic E-state index is 12.0. The highest BCUT2D eigenvalue weighted by atomic mass is 79.9. The molecule has 0 saturated heterocycles. The fourth-order valence-corrected chi connectivity index (χ4v) is 3.72. The van der Waals surface area contributed by atoms with Crippen LogP contribution in [-0.2, 0) is 6.54 Å². The van der Waals surface area contributed by atoms with E-state index in [4.69, 9.17) is 5.73 Å². The monoisotopic (exact) mass is 378 g/mol. The van der Waals surface area contributed by atoms with Crippen molar-refractivity contribution in [2.45, 2.75) is 6.54 Å². The van der Waals surface area contributed by atoms with Crippen molar-refractivity contribution < 1.29 is 4.79 Å². The molecule has 1 aromatic heterocycles. The molecule has 118 valence electrons. The number of carbonyl (C=O) groups excluding carboxylic acids is 1. The molecule has 2 N–H and O–H groups in total. The topological polar surface area (TPSA) is 48.0 Å². The van der Waals surface area contributed by atoms with Crippen LogP contribution in [0.4, 0.5) is 0 Å². The van der Waals surface area contributed by atoms with Gasteiger partial charge in [0.15, 0.2) is 0 Å². The molecule has 3 aromatic carbocycles. The number of halogens is 1. The van der Waals surface area contributed by atoms with E-state index >= 15 is 0 Å². The molecule has 0 spiro atoms. The second-order valence-electron chi connectivity index (χ2n) is 5.80. The Bertz CT molecular complexity index is 1070. The van der Waals surface area contributed by atoms with Crippen LogP contribution in [0, 0.1) is 0 Å². The molecule has 0 radical (unpaired) electrons. The Labute approximate surface area is 147 Å². The number of hydrogen-bond acceptors (Lipinski definition) is 1. The quantitative estimate of drug-likeness (QED) is 0.551. The number of hydrogen-bond donors (Lipinski definition) is 1. The van der Waals surface area contributed by atoms with E-state index in [0.29, 0.717) is 5.56 Å². The highest BCUT2D eigenvalue weighted by Gasteiger charge is 2.17. The molecule has 0 saturated carbocycles. The summed E-state index contributed by atoms with van der Waals surface area (Å²) in [6.45, 7) is 0.736. The van der Waals surface area contributed by atoms with Crippen molar-refractivity contribution in [3.63, 3.8) is 0 Å². The third-order valence-corrected chi connectivity index (χ3v) is 4.74.